The van der Waals surface area contributed by atoms with E-state index in [0.29, 0.717) is 22.3 Å². The van der Waals surface area contributed by atoms with Crippen molar-refractivity contribution >= 4 is 17.6 Å². The molecule has 0 spiro atoms. The topological polar surface area (TPSA) is 64.4 Å². The number of carboxylic acid groups (broad SMARTS) is 1. The Morgan fingerprint density at radius 2 is 2.26 bits per heavy atom. The minimum atomic E-state index is -0.969. The maximum atomic E-state index is 11.0. The summed E-state index contributed by atoms with van der Waals surface area (Å²) in [6.45, 7) is 1.94. The van der Waals surface area contributed by atoms with Gasteiger partial charge in [-0.05, 0) is 19.1 Å². The molecule has 0 saturated carbocycles. The molecule has 1 heterocycles. The summed E-state index contributed by atoms with van der Waals surface area (Å²) in [4.78, 5) is 15.1. The second kappa shape index (κ2) is 5.32. The Balaban J connectivity index is 2.18. The third-order valence-electron chi connectivity index (χ3n) is 2.90. The zero-order chi connectivity index (χ0) is 14.0. The van der Waals surface area contributed by atoms with Crippen molar-refractivity contribution in [2.75, 3.05) is 0 Å². The summed E-state index contributed by atoms with van der Waals surface area (Å²) in [5, 5.41) is 9.56. The van der Waals surface area contributed by atoms with Gasteiger partial charge in [0.15, 0.2) is 0 Å². The second-order valence-corrected chi connectivity index (χ2v) is 4.47. The molecule has 5 nitrogen and oxygen atoms in total. The fourth-order valence-corrected chi connectivity index (χ4v) is 1.85. The fourth-order valence-electron chi connectivity index (χ4n) is 1.70. The molecular weight excluding hydrogens is 268 g/mol. The number of aromatic carboxylic acids is 1. The molecule has 0 bridgehead atoms. The molecule has 1 aromatic heterocycles. The van der Waals surface area contributed by atoms with Crippen molar-refractivity contribution < 1.29 is 14.6 Å². The van der Waals surface area contributed by atoms with Crippen molar-refractivity contribution in [1.82, 2.24) is 9.55 Å². The number of hydrogen-bond donors (Lipinski definition) is 1. The molecule has 0 atom stereocenters. The molecule has 6 heteroatoms. The van der Waals surface area contributed by atoms with Crippen LogP contribution in [0.4, 0.5) is 0 Å². The zero-order valence-electron chi connectivity index (χ0n) is 10.6. The summed E-state index contributed by atoms with van der Waals surface area (Å²) in [5.41, 5.74) is 0.825. The van der Waals surface area contributed by atoms with E-state index in [4.69, 9.17) is 21.4 Å². The average Bonchev–Trinajstić information content (AvgIpc) is 2.68. The standard InChI is InChI=1S/C13H13ClN2O3/c1-8-9(13(17)18)4-3-5-10(8)19-7-12-15-6-11(14)16(12)2/h3-6H,7H2,1-2H3,(H,17,18). The normalized spacial score (nSPS) is 10.5. The maximum Gasteiger partial charge on any atom is 0.336 e. The quantitative estimate of drug-likeness (QED) is 0.935. The summed E-state index contributed by atoms with van der Waals surface area (Å²) in [6, 6.07) is 4.92. The van der Waals surface area contributed by atoms with Crippen molar-refractivity contribution in [2.24, 2.45) is 7.05 Å². The Hall–Kier alpha value is -2.01. The van der Waals surface area contributed by atoms with Gasteiger partial charge in [0.2, 0.25) is 0 Å². The lowest BCUT2D eigenvalue weighted by Gasteiger charge is -2.10. The molecule has 0 aliphatic rings. The van der Waals surface area contributed by atoms with Gasteiger partial charge in [-0.3, -0.25) is 0 Å². The Morgan fingerprint density at radius 1 is 1.53 bits per heavy atom. The highest BCUT2D eigenvalue weighted by Crippen LogP contribution is 2.22. The SMILES string of the molecule is Cc1c(OCc2ncc(Cl)n2C)cccc1C(=O)O. The molecule has 0 aliphatic carbocycles. The van der Waals surface area contributed by atoms with Crippen LogP contribution in [0.2, 0.25) is 5.15 Å². The largest absolute Gasteiger partial charge is 0.485 e. The minimum absolute atomic E-state index is 0.229. The molecular formula is C13H13ClN2O3. The first-order chi connectivity index (χ1) is 9.00. The van der Waals surface area contributed by atoms with Gasteiger partial charge in [-0.1, -0.05) is 17.7 Å². The predicted octanol–water partition coefficient (Wildman–Crippen LogP) is 2.66. The van der Waals surface area contributed by atoms with Gasteiger partial charge in [0.05, 0.1) is 11.8 Å². The third-order valence-corrected chi connectivity index (χ3v) is 3.25. The molecule has 0 amide bonds. The minimum Gasteiger partial charge on any atom is -0.485 e. The van der Waals surface area contributed by atoms with E-state index < -0.39 is 5.97 Å². The number of nitrogens with zero attached hydrogens (tertiary/aromatic N) is 2. The van der Waals surface area contributed by atoms with Crippen LogP contribution < -0.4 is 4.74 Å². The number of halogens is 1. The molecule has 2 rings (SSSR count). The van der Waals surface area contributed by atoms with E-state index in [1.165, 1.54) is 0 Å². The van der Waals surface area contributed by atoms with Crippen LogP contribution in [0.25, 0.3) is 0 Å². The van der Waals surface area contributed by atoms with E-state index in [9.17, 15) is 4.79 Å². The van der Waals surface area contributed by atoms with Crippen LogP contribution in [0.5, 0.6) is 5.75 Å². The molecule has 19 heavy (non-hydrogen) atoms. The third kappa shape index (κ3) is 2.71. The summed E-state index contributed by atoms with van der Waals surface area (Å²) >= 11 is 5.88. The average molecular weight is 281 g/mol. The van der Waals surface area contributed by atoms with Gasteiger partial charge in [0, 0.05) is 12.6 Å². The van der Waals surface area contributed by atoms with Crippen LogP contribution in [0, 0.1) is 6.92 Å². The highest BCUT2D eigenvalue weighted by atomic mass is 35.5. The molecule has 0 saturated heterocycles. The van der Waals surface area contributed by atoms with Crippen molar-refractivity contribution in [3.05, 3.63) is 46.5 Å². The first-order valence-electron chi connectivity index (χ1n) is 5.62. The number of hydrogen-bond acceptors (Lipinski definition) is 3. The number of aromatic nitrogens is 2. The van der Waals surface area contributed by atoms with E-state index in [1.807, 2.05) is 0 Å². The number of carboxylic acids is 1. The first-order valence-corrected chi connectivity index (χ1v) is 6.00. The lowest BCUT2D eigenvalue weighted by atomic mass is 10.1. The van der Waals surface area contributed by atoms with Gasteiger partial charge in [0.25, 0.3) is 0 Å². The lowest BCUT2D eigenvalue weighted by Crippen LogP contribution is -2.06. The van der Waals surface area contributed by atoms with Gasteiger partial charge < -0.3 is 14.4 Å². The summed E-state index contributed by atoms with van der Waals surface area (Å²) in [5.74, 6) is 0.229. The molecule has 0 fully saturated rings. The highest BCUT2D eigenvalue weighted by molar-refractivity contribution is 6.29. The van der Waals surface area contributed by atoms with Gasteiger partial charge in [0.1, 0.15) is 23.3 Å². The summed E-state index contributed by atoms with van der Waals surface area (Å²) in [7, 11) is 1.79. The van der Waals surface area contributed by atoms with Crippen molar-refractivity contribution in [2.45, 2.75) is 13.5 Å². The van der Waals surface area contributed by atoms with Gasteiger partial charge in [-0.15, -0.1) is 0 Å². The van der Waals surface area contributed by atoms with Crippen LogP contribution in [0.3, 0.4) is 0 Å². The van der Waals surface area contributed by atoms with Crippen molar-refractivity contribution in [3.63, 3.8) is 0 Å². The predicted molar refractivity (Wildman–Crippen MR) is 70.7 cm³/mol. The highest BCUT2D eigenvalue weighted by Gasteiger charge is 2.12. The van der Waals surface area contributed by atoms with Crippen LogP contribution in [0.1, 0.15) is 21.7 Å². The molecule has 0 unspecified atom stereocenters. The molecule has 2 aromatic rings. The second-order valence-electron chi connectivity index (χ2n) is 4.08. The fraction of sp³-hybridized carbons (Fsp3) is 0.231. The van der Waals surface area contributed by atoms with Gasteiger partial charge >= 0.3 is 5.97 Å². The lowest BCUT2D eigenvalue weighted by molar-refractivity contribution is 0.0695. The van der Waals surface area contributed by atoms with Gasteiger partial charge in [-0.25, -0.2) is 9.78 Å². The monoisotopic (exact) mass is 280 g/mol. The van der Waals surface area contributed by atoms with Crippen molar-refractivity contribution in [1.29, 1.82) is 0 Å². The Kier molecular flexibility index (Phi) is 3.76. The smallest absolute Gasteiger partial charge is 0.336 e. The maximum absolute atomic E-state index is 11.0. The Labute approximate surface area is 115 Å². The summed E-state index contributed by atoms with van der Waals surface area (Å²) < 4.78 is 7.31. The number of benzene rings is 1. The van der Waals surface area contributed by atoms with Crippen LogP contribution >= 0.6 is 11.6 Å². The number of carbonyl (C=O) groups is 1. The molecule has 1 aromatic carbocycles. The van der Waals surface area contributed by atoms with E-state index in [-0.39, 0.29) is 12.2 Å². The summed E-state index contributed by atoms with van der Waals surface area (Å²) in [6.07, 6.45) is 1.54. The first kappa shape index (κ1) is 13.4. The molecule has 0 aliphatic heterocycles. The number of imidazole rings is 1. The van der Waals surface area contributed by atoms with Crippen LogP contribution in [-0.2, 0) is 13.7 Å². The van der Waals surface area contributed by atoms with E-state index >= 15 is 0 Å². The zero-order valence-corrected chi connectivity index (χ0v) is 11.3. The van der Waals surface area contributed by atoms with E-state index in [1.54, 1.807) is 42.9 Å². The van der Waals surface area contributed by atoms with Crippen LogP contribution in [-0.4, -0.2) is 20.6 Å². The number of ether oxygens (including phenoxy) is 1. The molecule has 1 N–H and O–H groups in total. The Morgan fingerprint density at radius 3 is 2.84 bits per heavy atom. The van der Waals surface area contributed by atoms with E-state index in [2.05, 4.69) is 4.98 Å². The molecule has 0 radical (unpaired) electrons. The number of rotatable bonds is 4. The van der Waals surface area contributed by atoms with E-state index in [0.717, 1.165) is 0 Å². The Bertz CT molecular complexity index is 622. The van der Waals surface area contributed by atoms with Crippen molar-refractivity contribution in [3.8, 4) is 5.75 Å². The van der Waals surface area contributed by atoms with Crippen LogP contribution in [0.15, 0.2) is 24.4 Å². The molecule has 100 valence electrons. The van der Waals surface area contributed by atoms with Gasteiger partial charge in [-0.2, -0.15) is 0 Å².